The molecule has 1 heterocycles. The second kappa shape index (κ2) is 10.7. The highest BCUT2D eigenvalue weighted by atomic mass is 16.5. The normalized spacial score (nSPS) is 23.1. The fraction of sp³-hybridized carbons (Fsp3) is 0.765. The van der Waals surface area contributed by atoms with E-state index in [-0.39, 0.29) is 18.4 Å². The van der Waals surface area contributed by atoms with E-state index in [2.05, 4.69) is 26.3 Å². The number of nitrogens with zero attached hydrogens (tertiary/aromatic N) is 1. The number of alkyl carbamates (subject to hydrolysis) is 1. The van der Waals surface area contributed by atoms with Crippen LogP contribution in [0.25, 0.3) is 0 Å². The Morgan fingerprint density at radius 1 is 1.26 bits per heavy atom. The molecule has 0 bridgehead atoms. The minimum absolute atomic E-state index is 0.120. The molecule has 0 aromatic carbocycles. The molecule has 1 saturated heterocycles. The summed E-state index contributed by atoms with van der Waals surface area (Å²) in [7, 11) is 0. The molecule has 2 rings (SSSR count). The van der Waals surface area contributed by atoms with Crippen LogP contribution in [-0.2, 0) is 14.3 Å². The van der Waals surface area contributed by atoms with E-state index >= 15 is 0 Å². The summed E-state index contributed by atoms with van der Waals surface area (Å²) >= 11 is 0. The zero-order valence-corrected chi connectivity index (χ0v) is 15.6. The maximum Gasteiger partial charge on any atom is 0.413 e. The predicted molar refractivity (Wildman–Crippen MR) is 98.4 cm³/mol. The van der Waals surface area contributed by atoms with Crippen LogP contribution in [0.1, 0.15) is 39.0 Å². The van der Waals surface area contributed by atoms with Crippen molar-refractivity contribution in [2.24, 2.45) is 10.9 Å². The summed E-state index contributed by atoms with van der Waals surface area (Å²) in [6.45, 7) is 2.67. The Hall–Kier alpha value is -2.36. The summed E-state index contributed by atoms with van der Waals surface area (Å²) in [5, 5.41) is 20.0. The van der Waals surface area contributed by atoms with Gasteiger partial charge < -0.3 is 25.8 Å². The Kier molecular flexibility index (Phi) is 8.31. The summed E-state index contributed by atoms with van der Waals surface area (Å²) < 4.78 is 4.92. The van der Waals surface area contributed by atoms with E-state index in [9.17, 15) is 14.4 Å². The van der Waals surface area contributed by atoms with Crippen molar-refractivity contribution in [1.29, 1.82) is 0 Å². The zero-order chi connectivity index (χ0) is 19.6. The van der Waals surface area contributed by atoms with Crippen molar-refractivity contribution in [2.75, 3.05) is 26.2 Å². The van der Waals surface area contributed by atoms with Gasteiger partial charge in [0.15, 0.2) is 0 Å². The molecule has 1 aliphatic carbocycles. The van der Waals surface area contributed by atoms with Crippen LogP contribution in [0.5, 0.6) is 0 Å². The van der Waals surface area contributed by atoms with Crippen LogP contribution >= 0.6 is 0 Å². The van der Waals surface area contributed by atoms with Gasteiger partial charge in [-0.2, -0.15) is 0 Å². The van der Waals surface area contributed by atoms with Gasteiger partial charge in [-0.25, -0.2) is 4.79 Å². The summed E-state index contributed by atoms with van der Waals surface area (Å²) in [6, 6.07) is -0.129. The van der Waals surface area contributed by atoms with Gasteiger partial charge in [-0.3, -0.25) is 19.9 Å². The lowest BCUT2D eigenvalue weighted by Crippen LogP contribution is -2.45. The van der Waals surface area contributed by atoms with Crippen LogP contribution < -0.4 is 21.3 Å². The molecule has 10 heteroatoms. The Morgan fingerprint density at radius 3 is 2.67 bits per heavy atom. The van der Waals surface area contributed by atoms with Gasteiger partial charge in [-0.1, -0.05) is 12.8 Å². The van der Waals surface area contributed by atoms with E-state index in [1.54, 1.807) is 6.92 Å². The minimum Gasteiger partial charge on any atom is -0.480 e. The number of ether oxygens (including phenoxy) is 1. The third-order valence-corrected chi connectivity index (χ3v) is 4.65. The first-order valence-corrected chi connectivity index (χ1v) is 9.45. The summed E-state index contributed by atoms with van der Waals surface area (Å²) in [5.41, 5.74) is 0. The van der Waals surface area contributed by atoms with Crippen molar-refractivity contribution in [3.8, 4) is 0 Å². The number of rotatable bonds is 7. The number of hydrogen-bond acceptors (Lipinski definition) is 6. The van der Waals surface area contributed by atoms with E-state index in [1.807, 2.05) is 0 Å². The van der Waals surface area contributed by atoms with Gasteiger partial charge in [0.1, 0.15) is 6.54 Å². The van der Waals surface area contributed by atoms with Gasteiger partial charge in [0.2, 0.25) is 11.9 Å². The maximum absolute atomic E-state index is 11.9. The molecule has 0 radical (unpaired) electrons. The fourth-order valence-electron chi connectivity index (χ4n) is 3.30. The number of carbonyl (C=O) groups is 3. The monoisotopic (exact) mass is 383 g/mol. The SMILES string of the molecule is CCOC(=O)NC(=NC[C@H]1CN[C@H](C(=O)NCC(=O)O)C1)NC1CCCC1. The molecule has 0 spiro atoms. The lowest BCUT2D eigenvalue weighted by Gasteiger charge is -2.17. The predicted octanol–water partition coefficient (Wildman–Crippen LogP) is -0.200. The number of guanidine groups is 1. The molecule has 27 heavy (non-hydrogen) atoms. The van der Waals surface area contributed by atoms with Crippen molar-refractivity contribution < 1.29 is 24.2 Å². The van der Waals surface area contributed by atoms with Crippen LogP contribution in [0.4, 0.5) is 4.79 Å². The van der Waals surface area contributed by atoms with Gasteiger partial charge >= 0.3 is 12.1 Å². The zero-order valence-electron chi connectivity index (χ0n) is 15.6. The topological polar surface area (TPSA) is 141 Å². The summed E-state index contributed by atoms with van der Waals surface area (Å²) in [6.07, 6.45) is 4.41. The molecule has 2 amide bonds. The second-order valence-corrected chi connectivity index (χ2v) is 6.83. The largest absolute Gasteiger partial charge is 0.480 e. The smallest absolute Gasteiger partial charge is 0.413 e. The molecule has 0 unspecified atom stereocenters. The average Bonchev–Trinajstić information content (AvgIpc) is 3.29. The highest BCUT2D eigenvalue weighted by Gasteiger charge is 2.29. The van der Waals surface area contributed by atoms with Gasteiger partial charge in [0.05, 0.1) is 12.6 Å². The third kappa shape index (κ3) is 7.41. The molecule has 2 fully saturated rings. The first-order valence-electron chi connectivity index (χ1n) is 9.45. The first-order chi connectivity index (χ1) is 13.0. The quantitative estimate of drug-likeness (QED) is 0.303. The molecule has 1 aliphatic heterocycles. The van der Waals surface area contributed by atoms with Gasteiger partial charge in [-0.15, -0.1) is 0 Å². The van der Waals surface area contributed by atoms with Gasteiger partial charge in [0.25, 0.3) is 0 Å². The lowest BCUT2D eigenvalue weighted by molar-refractivity contribution is -0.138. The number of hydrogen-bond donors (Lipinski definition) is 5. The minimum atomic E-state index is -1.07. The van der Waals surface area contributed by atoms with Gasteiger partial charge in [0, 0.05) is 19.1 Å². The molecule has 152 valence electrons. The van der Waals surface area contributed by atoms with Crippen LogP contribution in [0.15, 0.2) is 4.99 Å². The average molecular weight is 383 g/mol. The standard InChI is InChI=1S/C17H29N5O5/c1-2-27-17(26)22-16(21-12-5-3-4-6-12)20-9-11-7-13(18-8-11)15(25)19-10-14(23)24/h11-13,18H,2-10H2,1H3,(H,19,25)(H,23,24)(H2,20,21,22,26)/t11-,13+/m1/s1. The molecule has 0 aromatic rings. The summed E-state index contributed by atoms with van der Waals surface area (Å²) in [5.74, 6) is -0.873. The Labute approximate surface area is 158 Å². The van der Waals surface area contributed by atoms with E-state index in [0.29, 0.717) is 31.5 Å². The number of aliphatic imine (C=N–C) groups is 1. The Balaban J connectivity index is 1.85. The van der Waals surface area contributed by atoms with Crippen LogP contribution in [0, 0.1) is 5.92 Å². The molecule has 1 saturated carbocycles. The maximum atomic E-state index is 11.9. The van der Waals surface area contributed by atoms with Crippen LogP contribution in [0.2, 0.25) is 0 Å². The fourth-order valence-corrected chi connectivity index (χ4v) is 3.30. The lowest BCUT2D eigenvalue weighted by atomic mass is 10.1. The van der Waals surface area contributed by atoms with Crippen molar-refractivity contribution in [3.05, 3.63) is 0 Å². The number of carbonyl (C=O) groups excluding carboxylic acids is 2. The van der Waals surface area contributed by atoms with E-state index in [1.165, 1.54) is 0 Å². The highest BCUT2D eigenvalue weighted by Crippen LogP contribution is 2.18. The number of carboxylic acid groups (broad SMARTS) is 1. The Bertz CT molecular complexity index is 562. The van der Waals surface area contributed by atoms with Crippen LogP contribution in [-0.4, -0.2) is 67.4 Å². The van der Waals surface area contributed by atoms with Crippen molar-refractivity contribution >= 4 is 23.9 Å². The van der Waals surface area contributed by atoms with Crippen LogP contribution in [0.3, 0.4) is 0 Å². The number of amides is 2. The number of nitrogens with one attached hydrogen (secondary N) is 4. The third-order valence-electron chi connectivity index (χ3n) is 4.65. The van der Waals surface area contributed by atoms with E-state index in [4.69, 9.17) is 9.84 Å². The number of aliphatic carboxylic acids is 1. The van der Waals surface area contributed by atoms with Crippen molar-refractivity contribution in [3.63, 3.8) is 0 Å². The number of carboxylic acids is 1. The molecule has 5 N–H and O–H groups in total. The highest BCUT2D eigenvalue weighted by molar-refractivity contribution is 5.94. The molecular weight excluding hydrogens is 354 g/mol. The molecule has 10 nitrogen and oxygen atoms in total. The van der Waals surface area contributed by atoms with E-state index < -0.39 is 24.6 Å². The van der Waals surface area contributed by atoms with E-state index in [0.717, 1.165) is 25.7 Å². The molecule has 0 aromatic heterocycles. The summed E-state index contributed by atoms with van der Waals surface area (Å²) in [4.78, 5) is 38.7. The first kappa shape index (κ1) is 20.9. The Morgan fingerprint density at radius 2 is 2.00 bits per heavy atom. The van der Waals surface area contributed by atoms with Gasteiger partial charge in [-0.05, 0) is 32.1 Å². The van der Waals surface area contributed by atoms with Crippen molar-refractivity contribution in [2.45, 2.75) is 51.1 Å². The molecular formula is C17H29N5O5. The molecule has 2 atom stereocenters. The molecule has 2 aliphatic rings. The van der Waals surface area contributed by atoms with Crippen molar-refractivity contribution in [1.82, 2.24) is 21.3 Å². The second-order valence-electron chi connectivity index (χ2n) is 6.83.